The van der Waals surface area contributed by atoms with Crippen LogP contribution in [-0.4, -0.2) is 61.7 Å². The summed E-state index contributed by atoms with van der Waals surface area (Å²) in [7, 11) is 0. The number of Topliss-reactive ketones (excluding diaryl/α,β-unsaturated/α-hetero) is 1. The molecule has 0 aromatic heterocycles. The summed E-state index contributed by atoms with van der Waals surface area (Å²) in [4.78, 5) is 17.9. The van der Waals surface area contributed by atoms with Crippen molar-refractivity contribution in [1.29, 1.82) is 0 Å². The highest BCUT2D eigenvalue weighted by Crippen LogP contribution is 2.43. The Morgan fingerprint density at radius 2 is 1.88 bits per heavy atom. The fourth-order valence-corrected chi connectivity index (χ4v) is 4.92. The summed E-state index contributed by atoms with van der Waals surface area (Å²) < 4.78 is 18.5. The lowest BCUT2D eigenvalue weighted by atomic mass is 10.00. The number of hydrogen-bond donors (Lipinski definition) is 0. The first-order valence-electron chi connectivity index (χ1n) is 11.1. The lowest BCUT2D eigenvalue weighted by Gasteiger charge is -2.31. The van der Waals surface area contributed by atoms with E-state index in [0.29, 0.717) is 23.8 Å². The van der Waals surface area contributed by atoms with Crippen molar-refractivity contribution >= 4 is 27.8 Å². The lowest BCUT2D eigenvalue weighted by Crippen LogP contribution is -2.39. The zero-order valence-electron chi connectivity index (χ0n) is 18.2. The number of carbonyl (C=O) groups excluding carboxylic acids is 1. The predicted octanol–water partition coefficient (Wildman–Crippen LogP) is 4.25. The normalized spacial score (nSPS) is 20.1. The molecule has 3 aliphatic rings. The number of morpholine rings is 1. The summed E-state index contributed by atoms with van der Waals surface area (Å²) in [6.45, 7) is 9.05. The maximum Gasteiger partial charge on any atom is 0.231 e. The van der Waals surface area contributed by atoms with Gasteiger partial charge in [-0.2, -0.15) is 0 Å². The van der Waals surface area contributed by atoms with Crippen molar-refractivity contribution in [2.24, 2.45) is 0 Å². The standard InChI is InChI=1S/C25H27BrN2O4/c1-17-24-19(15-28(16-31-24)8-4-7-27-9-11-30-12-10-27)13-20-23(29)22(32-25(17)20)14-18-5-2-3-6-21(18)26/h2-3,5-6,13-14H,4,7-12,15-16H2,1H3/b22-14-. The molecule has 0 unspecified atom stereocenters. The molecular formula is C25H27BrN2O4. The number of rotatable bonds is 5. The van der Waals surface area contributed by atoms with Crippen LogP contribution in [0.5, 0.6) is 11.5 Å². The molecule has 1 fully saturated rings. The molecule has 2 aromatic rings. The molecule has 168 valence electrons. The molecule has 3 heterocycles. The van der Waals surface area contributed by atoms with Crippen LogP contribution in [0.4, 0.5) is 0 Å². The maximum absolute atomic E-state index is 13.1. The Labute approximate surface area is 196 Å². The molecule has 7 heteroatoms. The number of halogens is 1. The number of carbonyl (C=O) groups is 1. The number of allylic oxidation sites excluding steroid dienone is 1. The lowest BCUT2D eigenvalue weighted by molar-refractivity contribution is 0.0329. The van der Waals surface area contributed by atoms with E-state index in [9.17, 15) is 4.79 Å². The average Bonchev–Trinajstić information content (AvgIpc) is 3.12. The van der Waals surface area contributed by atoms with Gasteiger partial charge >= 0.3 is 0 Å². The highest BCUT2D eigenvalue weighted by Gasteiger charge is 2.33. The largest absolute Gasteiger partial charge is 0.477 e. The van der Waals surface area contributed by atoms with Crippen molar-refractivity contribution in [3.63, 3.8) is 0 Å². The second kappa shape index (κ2) is 9.35. The van der Waals surface area contributed by atoms with Crippen LogP contribution >= 0.6 is 15.9 Å². The van der Waals surface area contributed by atoms with Gasteiger partial charge in [-0.15, -0.1) is 0 Å². The minimum absolute atomic E-state index is 0.0777. The summed E-state index contributed by atoms with van der Waals surface area (Å²) in [5.74, 6) is 1.74. The van der Waals surface area contributed by atoms with E-state index in [1.165, 1.54) is 0 Å². The molecule has 0 amide bonds. The predicted molar refractivity (Wildman–Crippen MR) is 126 cm³/mol. The van der Waals surface area contributed by atoms with Crippen LogP contribution in [0.15, 0.2) is 40.6 Å². The van der Waals surface area contributed by atoms with E-state index in [4.69, 9.17) is 14.2 Å². The molecule has 32 heavy (non-hydrogen) atoms. The molecule has 0 spiro atoms. The van der Waals surface area contributed by atoms with Gasteiger partial charge in [0.2, 0.25) is 5.78 Å². The second-order valence-electron chi connectivity index (χ2n) is 8.46. The maximum atomic E-state index is 13.1. The first-order chi connectivity index (χ1) is 15.6. The number of benzene rings is 2. The van der Waals surface area contributed by atoms with Gasteiger partial charge in [0.05, 0.1) is 18.8 Å². The second-order valence-corrected chi connectivity index (χ2v) is 9.32. The average molecular weight is 499 g/mol. The summed E-state index contributed by atoms with van der Waals surface area (Å²) in [6, 6.07) is 9.74. The molecule has 2 aromatic carbocycles. The smallest absolute Gasteiger partial charge is 0.231 e. The van der Waals surface area contributed by atoms with Crippen LogP contribution in [0.2, 0.25) is 0 Å². The summed E-state index contributed by atoms with van der Waals surface area (Å²) >= 11 is 3.53. The van der Waals surface area contributed by atoms with Gasteiger partial charge in [0.1, 0.15) is 18.2 Å². The molecule has 0 N–H and O–H groups in total. The third-order valence-corrected chi connectivity index (χ3v) is 6.97. The topological polar surface area (TPSA) is 51.2 Å². The van der Waals surface area contributed by atoms with Crippen LogP contribution < -0.4 is 9.47 Å². The minimum Gasteiger partial charge on any atom is -0.477 e. The van der Waals surface area contributed by atoms with Crippen molar-refractivity contribution in [2.75, 3.05) is 46.1 Å². The van der Waals surface area contributed by atoms with Gasteiger partial charge in [0, 0.05) is 41.8 Å². The van der Waals surface area contributed by atoms with E-state index >= 15 is 0 Å². The molecule has 1 saturated heterocycles. The first kappa shape index (κ1) is 21.6. The van der Waals surface area contributed by atoms with Crippen LogP contribution in [0.25, 0.3) is 6.08 Å². The Morgan fingerprint density at radius 1 is 1.09 bits per heavy atom. The number of ether oxygens (including phenoxy) is 3. The highest BCUT2D eigenvalue weighted by atomic mass is 79.9. The van der Waals surface area contributed by atoms with E-state index < -0.39 is 0 Å². The van der Waals surface area contributed by atoms with Gasteiger partial charge in [-0.05, 0) is 43.7 Å². The van der Waals surface area contributed by atoms with Crippen LogP contribution in [0, 0.1) is 6.92 Å². The zero-order chi connectivity index (χ0) is 22.1. The van der Waals surface area contributed by atoms with Gasteiger partial charge in [0.25, 0.3) is 0 Å². The summed E-state index contributed by atoms with van der Waals surface area (Å²) in [5.41, 5.74) is 3.49. The van der Waals surface area contributed by atoms with Gasteiger partial charge in [-0.25, -0.2) is 0 Å². The SMILES string of the molecule is Cc1c2c(cc3c1O/C(=C\c1ccccc1Br)C3=O)CN(CCCN1CCOCC1)CO2. The van der Waals surface area contributed by atoms with Crippen molar-refractivity contribution in [3.8, 4) is 11.5 Å². The molecule has 3 aliphatic heterocycles. The molecule has 0 atom stereocenters. The molecular weight excluding hydrogens is 472 g/mol. The van der Waals surface area contributed by atoms with Crippen molar-refractivity contribution in [3.05, 3.63) is 62.8 Å². The third kappa shape index (κ3) is 4.35. The van der Waals surface area contributed by atoms with Gasteiger partial charge in [-0.1, -0.05) is 34.1 Å². The molecule has 0 aliphatic carbocycles. The zero-order valence-corrected chi connectivity index (χ0v) is 19.8. The van der Waals surface area contributed by atoms with Gasteiger partial charge in [0.15, 0.2) is 5.76 Å². The molecule has 0 radical (unpaired) electrons. The van der Waals surface area contributed by atoms with E-state index in [0.717, 1.165) is 79.3 Å². The first-order valence-corrected chi connectivity index (χ1v) is 11.9. The van der Waals surface area contributed by atoms with Gasteiger partial charge in [-0.3, -0.25) is 14.6 Å². The number of fused-ring (bicyclic) bond motifs is 2. The Kier molecular flexibility index (Phi) is 6.33. The number of ketones is 1. The Morgan fingerprint density at radius 3 is 2.69 bits per heavy atom. The van der Waals surface area contributed by atoms with Crippen LogP contribution in [-0.2, 0) is 11.3 Å². The Hall–Kier alpha value is -2.19. The molecule has 5 rings (SSSR count). The minimum atomic E-state index is -0.0777. The monoisotopic (exact) mass is 498 g/mol. The fourth-order valence-electron chi connectivity index (χ4n) is 4.52. The van der Waals surface area contributed by atoms with E-state index in [1.807, 2.05) is 37.3 Å². The highest BCUT2D eigenvalue weighted by molar-refractivity contribution is 9.10. The molecule has 0 saturated carbocycles. The number of hydrogen-bond acceptors (Lipinski definition) is 6. The quantitative estimate of drug-likeness (QED) is 0.574. The molecule has 6 nitrogen and oxygen atoms in total. The van der Waals surface area contributed by atoms with Gasteiger partial charge < -0.3 is 14.2 Å². The number of nitrogens with zero attached hydrogens (tertiary/aromatic N) is 2. The van der Waals surface area contributed by atoms with Crippen LogP contribution in [0.3, 0.4) is 0 Å². The van der Waals surface area contributed by atoms with E-state index in [1.54, 1.807) is 6.08 Å². The van der Waals surface area contributed by atoms with Crippen molar-refractivity contribution in [2.45, 2.75) is 19.9 Å². The Balaban J connectivity index is 1.30. The van der Waals surface area contributed by atoms with E-state index in [-0.39, 0.29) is 5.78 Å². The summed E-state index contributed by atoms with van der Waals surface area (Å²) in [5, 5.41) is 0. The third-order valence-electron chi connectivity index (χ3n) is 6.25. The van der Waals surface area contributed by atoms with Crippen LogP contribution in [0.1, 0.15) is 33.5 Å². The summed E-state index contributed by atoms with van der Waals surface area (Å²) in [6.07, 6.45) is 2.88. The Bertz CT molecular complexity index is 1060. The van der Waals surface area contributed by atoms with E-state index in [2.05, 4.69) is 25.7 Å². The van der Waals surface area contributed by atoms with Crippen molar-refractivity contribution in [1.82, 2.24) is 9.80 Å². The molecule has 0 bridgehead atoms. The fraction of sp³-hybridized carbons (Fsp3) is 0.400. The van der Waals surface area contributed by atoms with Crippen molar-refractivity contribution < 1.29 is 19.0 Å².